The predicted octanol–water partition coefficient (Wildman–Crippen LogP) is 23.4. The summed E-state index contributed by atoms with van der Waals surface area (Å²) in [6, 6.07) is 91.3. The molecule has 2 aliphatic rings. The Hall–Kier alpha value is -11.3. The standard InChI is InChI=1S/C92H73BN2/c1-91(2,3)75-49-50-76(81(61-75)92(4,5)6)74-59-86-88-87(60-74)95(90-79(68-43-27-13-28-44-68)55-73(65-37-21-10-22-38-65)56-80(90)69-45-29-14-30-46-69)85-52-48-71(63-33-17-8-18-34-63)58-83(85)93(88)82-57-70(62-31-15-7-16-32-62)47-51-84(82)94(86)89-77(66-39-23-11-24-40-66)53-72(64-35-19-9-20-36-64)54-78(89)67-41-25-12-26-42-67/h7-61H,1-6H3/i7D,8D,15D,16D,17D,18D,31D,32D,33D,34D. The second-order valence-electron chi connectivity index (χ2n) is 26.9. The number of nitrogens with zero attached hydrogens (tertiary/aromatic N) is 2. The van der Waals surface area contributed by atoms with Crippen molar-refractivity contribution in [3.8, 4) is 100 Å². The SMILES string of the molecule is [2H]c1c([2H])c([2H])c(-c2ccc3c(c2)B2c4cc(-c5c([2H])c([2H])c([2H])c([2H])c5[2H])ccc4N(c4c(-c5ccccc5)cc(-c5ccccc5)cc4-c4ccccc4)c4cc(-c5ccc(C(C)(C)C)cc5C(C)(C)C)cc(c42)N3c2c(-c3ccccc3)cc(-c3ccccc3)cc2-c2ccccc2)c([2H])c1[2H]. The van der Waals surface area contributed by atoms with Gasteiger partial charge in [-0.15, -0.1) is 0 Å². The average molecular weight is 1230 g/mol. The molecule has 454 valence electrons. The molecule has 2 nitrogen and oxygen atoms in total. The molecule has 2 heterocycles. The van der Waals surface area contributed by atoms with Crippen LogP contribution < -0.4 is 26.2 Å². The van der Waals surface area contributed by atoms with Crippen molar-refractivity contribution in [3.05, 3.63) is 345 Å². The quantitative estimate of drug-likeness (QED) is 0.119. The Bertz CT molecular complexity index is 5310. The van der Waals surface area contributed by atoms with Gasteiger partial charge in [0, 0.05) is 45.0 Å². The van der Waals surface area contributed by atoms with Gasteiger partial charge >= 0.3 is 0 Å². The molecule has 0 fully saturated rings. The van der Waals surface area contributed by atoms with E-state index in [2.05, 4.69) is 252 Å². The van der Waals surface area contributed by atoms with E-state index in [4.69, 9.17) is 8.22 Å². The van der Waals surface area contributed by atoms with Crippen LogP contribution in [0.3, 0.4) is 0 Å². The van der Waals surface area contributed by atoms with Crippen LogP contribution >= 0.6 is 0 Å². The van der Waals surface area contributed by atoms with Crippen molar-refractivity contribution >= 4 is 57.2 Å². The van der Waals surface area contributed by atoms with E-state index in [1.807, 2.05) is 72.8 Å². The molecule has 14 aromatic carbocycles. The second kappa shape index (κ2) is 24.0. The van der Waals surface area contributed by atoms with Gasteiger partial charge in [-0.3, -0.25) is 0 Å². The van der Waals surface area contributed by atoms with E-state index in [0.29, 0.717) is 11.1 Å². The molecule has 0 aliphatic carbocycles. The monoisotopic (exact) mass is 1230 g/mol. The minimum absolute atomic E-state index is 0.0383. The van der Waals surface area contributed by atoms with Gasteiger partial charge in [-0.2, -0.15) is 0 Å². The van der Waals surface area contributed by atoms with Crippen molar-refractivity contribution in [1.29, 1.82) is 0 Å². The van der Waals surface area contributed by atoms with E-state index in [1.165, 1.54) is 5.56 Å². The fourth-order valence-corrected chi connectivity index (χ4v) is 14.3. The number of benzene rings is 14. The Labute approximate surface area is 574 Å². The maximum absolute atomic E-state index is 9.63. The molecule has 0 amide bonds. The molecular formula is C92H73BN2. The molecule has 0 radical (unpaired) electrons. The van der Waals surface area contributed by atoms with E-state index in [1.54, 1.807) is 0 Å². The molecule has 0 saturated carbocycles. The molecule has 0 saturated heterocycles. The molecule has 0 N–H and O–H groups in total. The lowest BCUT2D eigenvalue weighted by molar-refractivity contribution is 0.570. The van der Waals surface area contributed by atoms with Gasteiger partial charge in [-0.1, -0.05) is 326 Å². The molecule has 14 aromatic rings. The molecule has 0 unspecified atom stereocenters. The summed E-state index contributed by atoms with van der Waals surface area (Å²) in [5.41, 5.74) is 23.3. The Morgan fingerprint density at radius 1 is 0.263 bits per heavy atom. The van der Waals surface area contributed by atoms with Crippen molar-refractivity contribution in [1.82, 2.24) is 0 Å². The van der Waals surface area contributed by atoms with E-state index in [9.17, 15) is 5.48 Å². The maximum atomic E-state index is 9.63. The van der Waals surface area contributed by atoms with Crippen LogP contribution in [-0.4, -0.2) is 6.71 Å². The third kappa shape index (κ3) is 10.8. The molecule has 16 rings (SSSR count). The topological polar surface area (TPSA) is 6.48 Å². The Kier molecular flexibility index (Phi) is 12.3. The first kappa shape index (κ1) is 48.5. The Morgan fingerprint density at radius 3 is 0.947 bits per heavy atom. The maximum Gasteiger partial charge on any atom is 0.252 e. The van der Waals surface area contributed by atoms with Gasteiger partial charge in [0.25, 0.3) is 6.71 Å². The van der Waals surface area contributed by atoms with E-state index in [-0.39, 0.29) is 46.1 Å². The third-order valence-corrected chi connectivity index (χ3v) is 18.9. The largest absolute Gasteiger partial charge is 0.310 e. The minimum atomic E-state index is -0.783. The predicted molar refractivity (Wildman–Crippen MR) is 407 cm³/mol. The number of anilines is 6. The molecule has 0 bridgehead atoms. The van der Waals surface area contributed by atoms with Crippen LogP contribution in [0.4, 0.5) is 34.1 Å². The minimum Gasteiger partial charge on any atom is -0.310 e. The van der Waals surface area contributed by atoms with Crippen molar-refractivity contribution < 1.29 is 13.7 Å². The smallest absolute Gasteiger partial charge is 0.252 e. The van der Waals surface area contributed by atoms with Crippen LogP contribution in [0.1, 0.15) is 66.4 Å². The first-order valence-corrected chi connectivity index (χ1v) is 32.6. The van der Waals surface area contributed by atoms with Gasteiger partial charge in [0.15, 0.2) is 0 Å². The summed E-state index contributed by atoms with van der Waals surface area (Å²) in [7, 11) is 0. The number of hydrogen-bond donors (Lipinski definition) is 0. The highest BCUT2D eigenvalue weighted by Gasteiger charge is 2.46. The summed E-state index contributed by atoms with van der Waals surface area (Å²) in [6.45, 7) is 12.8. The second-order valence-corrected chi connectivity index (χ2v) is 26.9. The lowest BCUT2D eigenvalue weighted by Gasteiger charge is -2.46. The first-order chi connectivity index (χ1) is 50.5. The highest BCUT2D eigenvalue weighted by molar-refractivity contribution is 7.00. The van der Waals surface area contributed by atoms with Crippen LogP contribution in [0.5, 0.6) is 0 Å². The Balaban J connectivity index is 1.15. The van der Waals surface area contributed by atoms with Crippen LogP contribution in [0.25, 0.3) is 100 Å². The molecule has 0 spiro atoms. The van der Waals surface area contributed by atoms with Crippen LogP contribution in [0, 0.1) is 0 Å². The zero-order valence-corrected chi connectivity index (χ0v) is 54.0. The summed E-state index contributed by atoms with van der Waals surface area (Å²) >= 11 is 0. The van der Waals surface area contributed by atoms with E-state index < -0.39 is 43.0 Å². The van der Waals surface area contributed by atoms with E-state index in [0.717, 1.165) is 134 Å². The van der Waals surface area contributed by atoms with Gasteiger partial charge in [0.05, 0.1) is 25.1 Å². The van der Waals surface area contributed by atoms with Crippen LogP contribution in [0.15, 0.2) is 333 Å². The lowest BCUT2D eigenvalue weighted by atomic mass is 9.33. The summed E-state index contributed by atoms with van der Waals surface area (Å²) in [6.07, 6.45) is 0. The van der Waals surface area contributed by atoms with Crippen LogP contribution in [0.2, 0.25) is 0 Å². The fraction of sp³-hybridized carbons (Fsp3) is 0.0870. The summed E-state index contributed by atoms with van der Waals surface area (Å²) < 4.78 is 92.6. The zero-order valence-electron chi connectivity index (χ0n) is 64.0. The molecule has 2 aliphatic heterocycles. The number of hydrogen-bond acceptors (Lipinski definition) is 2. The van der Waals surface area contributed by atoms with Crippen LogP contribution in [-0.2, 0) is 10.8 Å². The van der Waals surface area contributed by atoms with Crippen molar-refractivity contribution in [2.24, 2.45) is 0 Å². The summed E-state index contributed by atoms with van der Waals surface area (Å²) in [5, 5.41) is 0. The summed E-state index contributed by atoms with van der Waals surface area (Å²) in [4.78, 5) is 4.83. The molecule has 0 atom stereocenters. The fourth-order valence-electron chi connectivity index (χ4n) is 14.3. The molecule has 3 heteroatoms. The van der Waals surface area contributed by atoms with Gasteiger partial charge < -0.3 is 9.80 Å². The van der Waals surface area contributed by atoms with Crippen molar-refractivity contribution in [3.63, 3.8) is 0 Å². The van der Waals surface area contributed by atoms with Gasteiger partial charge in [-0.25, -0.2) is 0 Å². The first-order valence-electron chi connectivity index (χ1n) is 37.6. The molecular weight excluding hydrogens is 1140 g/mol. The highest BCUT2D eigenvalue weighted by atomic mass is 15.2. The average Bonchev–Trinajstić information content (AvgIpc) is 0.684. The molecule has 95 heavy (non-hydrogen) atoms. The highest BCUT2D eigenvalue weighted by Crippen LogP contribution is 2.56. The third-order valence-electron chi connectivity index (χ3n) is 18.9. The van der Waals surface area contributed by atoms with Gasteiger partial charge in [0.1, 0.15) is 0 Å². The van der Waals surface area contributed by atoms with Gasteiger partial charge in [-0.05, 0) is 165 Å². The molecule has 0 aromatic heterocycles. The number of fused-ring (bicyclic) bond motifs is 4. The van der Waals surface area contributed by atoms with E-state index >= 15 is 0 Å². The lowest BCUT2D eigenvalue weighted by Crippen LogP contribution is -2.61. The van der Waals surface area contributed by atoms with Crippen molar-refractivity contribution in [2.45, 2.75) is 52.4 Å². The number of rotatable bonds is 11. The zero-order chi connectivity index (χ0) is 73.1. The van der Waals surface area contributed by atoms with Gasteiger partial charge in [0.2, 0.25) is 0 Å². The normalized spacial score (nSPS) is 13.9. The Morgan fingerprint density at radius 2 is 0.611 bits per heavy atom. The summed E-state index contributed by atoms with van der Waals surface area (Å²) in [5.74, 6) is 0. The van der Waals surface area contributed by atoms with Crippen molar-refractivity contribution in [2.75, 3.05) is 9.80 Å².